The molecule has 0 saturated heterocycles. The molecule has 2 rings (SSSR count). The molecule has 2 aromatic carbocycles. The lowest BCUT2D eigenvalue weighted by molar-refractivity contribution is 0.394. The average Bonchev–Trinajstić information content (AvgIpc) is 2.61. The number of aryl methyl sites for hydroxylation is 2. The Morgan fingerprint density at radius 1 is 1.15 bits per heavy atom. The van der Waals surface area contributed by atoms with Crippen LogP contribution in [0.4, 0.5) is 5.69 Å². The van der Waals surface area contributed by atoms with E-state index in [2.05, 4.69) is 51.7 Å². The number of rotatable bonds is 6. The number of hydrogen-bond donors (Lipinski definition) is 0. The molecule has 0 radical (unpaired) electrons. The molecule has 3 nitrogen and oxygen atoms in total. The van der Waals surface area contributed by atoms with Crippen molar-refractivity contribution in [2.45, 2.75) is 46.9 Å². The van der Waals surface area contributed by atoms with Crippen LogP contribution in [0.5, 0.6) is 11.5 Å². The number of benzene rings is 2. The standard InChI is InChI=1S/C23H31ClN2O/c1-8-26(7)15-25-20-12-17(3)21(13-16(20)2)27-19-11-9-10-18(14-19)22(24)23(4,5)6/h9-15,22H,8H2,1-7H3/b25-15-. The molecule has 1 atom stereocenters. The molecule has 2 aromatic rings. The normalized spacial score (nSPS) is 13.0. The maximum absolute atomic E-state index is 6.63. The summed E-state index contributed by atoms with van der Waals surface area (Å²) in [7, 11) is 2.01. The lowest BCUT2D eigenvalue weighted by atomic mass is 9.87. The van der Waals surface area contributed by atoms with E-state index in [0.717, 1.165) is 40.4 Å². The van der Waals surface area contributed by atoms with Gasteiger partial charge in [0.15, 0.2) is 0 Å². The van der Waals surface area contributed by atoms with Gasteiger partial charge in [0.2, 0.25) is 0 Å². The van der Waals surface area contributed by atoms with E-state index in [-0.39, 0.29) is 10.8 Å². The molecule has 0 bridgehead atoms. The van der Waals surface area contributed by atoms with Crippen LogP contribution in [-0.2, 0) is 0 Å². The number of aliphatic imine (C=N–C) groups is 1. The van der Waals surface area contributed by atoms with Crippen LogP contribution >= 0.6 is 11.6 Å². The Kier molecular flexibility index (Phi) is 6.94. The third kappa shape index (κ3) is 5.74. The second kappa shape index (κ2) is 8.79. The first kappa shape index (κ1) is 21.3. The molecule has 4 heteroatoms. The van der Waals surface area contributed by atoms with E-state index in [1.54, 1.807) is 0 Å². The van der Waals surface area contributed by atoms with Crippen molar-refractivity contribution >= 4 is 23.6 Å². The summed E-state index contributed by atoms with van der Waals surface area (Å²) in [6, 6.07) is 12.1. The Morgan fingerprint density at radius 3 is 2.48 bits per heavy atom. The second-order valence-electron chi connectivity index (χ2n) is 8.13. The van der Waals surface area contributed by atoms with Gasteiger partial charge in [0.05, 0.1) is 17.4 Å². The summed E-state index contributed by atoms with van der Waals surface area (Å²) in [6.45, 7) is 13.5. The summed E-state index contributed by atoms with van der Waals surface area (Å²) in [5, 5.41) is -0.0730. The van der Waals surface area contributed by atoms with Gasteiger partial charge in [0.1, 0.15) is 11.5 Å². The predicted molar refractivity (Wildman–Crippen MR) is 117 cm³/mol. The minimum Gasteiger partial charge on any atom is -0.457 e. The van der Waals surface area contributed by atoms with Gasteiger partial charge in [-0.15, -0.1) is 11.6 Å². The first-order valence-corrected chi connectivity index (χ1v) is 9.83. The zero-order chi connectivity index (χ0) is 20.2. The van der Waals surface area contributed by atoms with E-state index >= 15 is 0 Å². The van der Waals surface area contributed by atoms with Crippen molar-refractivity contribution in [2.75, 3.05) is 13.6 Å². The van der Waals surface area contributed by atoms with Crippen LogP contribution in [0, 0.1) is 19.3 Å². The number of halogens is 1. The summed E-state index contributed by atoms with van der Waals surface area (Å²) in [5.74, 6) is 1.64. The molecule has 0 N–H and O–H groups in total. The number of hydrogen-bond acceptors (Lipinski definition) is 2. The summed E-state index contributed by atoms with van der Waals surface area (Å²) in [6.07, 6.45) is 1.86. The summed E-state index contributed by atoms with van der Waals surface area (Å²) < 4.78 is 6.17. The zero-order valence-electron chi connectivity index (χ0n) is 17.5. The Labute approximate surface area is 169 Å². The van der Waals surface area contributed by atoms with Gasteiger partial charge >= 0.3 is 0 Å². The minimum atomic E-state index is -0.0730. The van der Waals surface area contributed by atoms with E-state index in [9.17, 15) is 0 Å². The molecule has 0 aliphatic heterocycles. The predicted octanol–water partition coefficient (Wildman–Crippen LogP) is 7.03. The largest absolute Gasteiger partial charge is 0.457 e. The SMILES string of the molecule is CCN(C)/C=N\c1cc(C)c(Oc2cccc(C(Cl)C(C)(C)C)c2)cc1C. The van der Waals surface area contributed by atoms with Crippen molar-refractivity contribution in [2.24, 2.45) is 10.4 Å². The Hall–Kier alpha value is -2.00. The van der Waals surface area contributed by atoms with Crippen molar-refractivity contribution in [1.82, 2.24) is 4.90 Å². The van der Waals surface area contributed by atoms with Crippen LogP contribution in [0.2, 0.25) is 0 Å². The summed E-state index contributed by atoms with van der Waals surface area (Å²) >= 11 is 6.63. The third-order valence-corrected chi connectivity index (χ3v) is 5.43. The molecule has 0 amide bonds. The smallest absolute Gasteiger partial charge is 0.130 e. The maximum Gasteiger partial charge on any atom is 0.130 e. The highest BCUT2D eigenvalue weighted by molar-refractivity contribution is 6.21. The number of ether oxygens (including phenoxy) is 1. The lowest BCUT2D eigenvalue weighted by Crippen LogP contribution is -2.14. The quantitative estimate of drug-likeness (QED) is 0.302. The van der Waals surface area contributed by atoms with Crippen LogP contribution in [0.1, 0.15) is 49.8 Å². The van der Waals surface area contributed by atoms with Gasteiger partial charge in [-0.25, -0.2) is 4.99 Å². The van der Waals surface area contributed by atoms with Crippen molar-refractivity contribution in [3.05, 3.63) is 53.1 Å². The summed E-state index contributed by atoms with van der Waals surface area (Å²) in [5.41, 5.74) is 4.15. The van der Waals surface area contributed by atoms with Gasteiger partial charge in [-0.1, -0.05) is 32.9 Å². The Balaban J connectivity index is 2.26. The molecule has 146 valence electrons. The number of nitrogens with zero attached hydrogens (tertiary/aromatic N) is 2. The van der Waals surface area contributed by atoms with Gasteiger partial charge in [0.25, 0.3) is 0 Å². The molecular weight excluding hydrogens is 356 g/mol. The zero-order valence-corrected chi connectivity index (χ0v) is 18.3. The van der Waals surface area contributed by atoms with E-state index in [0.29, 0.717) is 0 Å². The minimum absolute atomic E-state index is 0.0159. The Bertz CT molecular complexity index is 809. The lowest BCUT2D eigenvalue weighted by Gasteiger charge is -2.25. The van der Waals surface area contributed by atoms with Crippen LogP contribution < -0.4 is 4.74 Å². The fourth-order valence-electron chi connectivity index (χ4n) is 2.63. The molecule has 0 spiro atoms. The van der Waals surface area contributed by atoms with Crippen LogP contribution in [0.3, 0.4) is 0 Å². The fraction of sp³-hybridized carbons (Fsp3) is 0.435. The van der Waals surface area contributed by atoms with Crippen LogP contribution in [0.15, 0.2) is 41.4 Å². The molecule has 27 heavy (non-hydrogen) atoms. The molecule has 1 unspecified atom stereocenters. The topological polar surface area (TPSA) is 24.8 Å². The Morgan fingerprint density at radius 2 is 1.85 bits per heavy atom. The van der Waals surface area contributed by atoms with Crippen molar-refractivity contribution in [3.63, 3.8) is 0 Å². The van der Waals surface area contributed by atoms with Crippen molar-refractivity contribution < 1.29 is 4.74 Å². The fourth-order valence-corrected chi connectivity index (χ4v) is 2.76. The first-order valence-electron chi connectivity index (χ1n) is 9.39. The van der Waals surface area contributed by atoms with Crippen molar-refractivity contribution in [3.8, 4) is 11.5 Å². The first-order chi connectivity index (χ1) is 12.6. The van der Waals surface area contributed by atoms with E-state index in [4.69, 9.17) is 16.3 Å². The van der Waals surface area contributed by atoms with Gasteiger partial charge in [-0.3, -0.25) is 0 Å². The highest BCUT2D eigenvalue weighted by Gasteiger charge is 2.24. The van der Waals surface area contributed by atoms with Crippen LogP contribution in [-0.4, -0.2) is 24.8 Å². The molecule has 0 aliphatic rings. The molecule has 0 saturated carbocycles. The highest BCUT2D eigenvalue weighted by atomic mass is 35.5. The van der Waals surface area contributed by atoms with Gasteiger partial charge < -0.3 is 9.64 Å². The van der Waals surface area contributed by atoms with Crippen molar-refractivity contribution in [1.29, 1.82) is 0 Å². The van der Waals surface area contributed by atoms with E-state index in [1.165, 1.54) is 0 Å². The number of alkyl halides is 1. The van der Waals surface area contributed by atoms with Crippen LogP contribution in [0.25, 0.3) is 0 Å². The van der Waals surface area contributed by atoms with Gasteiger partial charge in [-0.2, -0.15) is 0 Å². The van der Waals surface area contributed by atoms with E-state index in [1.807, 2.05) is 49.5 Å². The van der Waals surface area contributed by atoms with E-state index < -0.39 is 0 Å². The molecule has 0 aromatic heterocycles. The summed E-state index contributed by atoms with van der Waals surface area (Å²) in [4.78, 5) is 6.62. The van der Waals surface area contributed by atoms with Gasteiger partial charge in [0, 0.05) is 13.6 Å². The molecular formula is C23H31ClN2O. The second-order valence-corrected chi connectivity index (χ2v) is 8.56. The maximum atomic E-state index is 6.63. The van der Waals surface area contributed by atoms with Gasteiger partial charge in [-0.05, 0) is 67.1 Å². The highest BCUT2D eigenvalue weighted by Crippen LogP contribution is 2.40. The monoisotopic (exact) mass is 386 g/mol. The molecule has 0 fully saturated rings. The molecule has 0 aliphatic carbocycles. The average molecular weight is 387 g/mol. The third-order valence-electron chi connectivity index (χ3n) is 4.53. The molecule has 0 heterocycles.